The maximum Gasteiger partial charge on any atom is 0.123 e. The third-order valence-corrected chi connectivity index (χ3v) is 5.34. The van der Waals surface area contributed by atoms with Gasteiger partial charge in [0.1, 0.15) is 5.82 Å². The summed E-state index contributed by atoms with van der Waals surface area (Å²) in [6.45, 7) is 10.9. The second-order valence-electron chi connectivity index (χ2n) is 8.49. The van der Waals surface area contributed by atoms with Gasteiger partial charge in [0.25, 0.3) is 0 Å². The van der Waals surface area contributed by atoms with Gasteiger partial charge in [-0.05, 0) is 66.3 Å². The molecule has 0 spiro atoms. The molecule has 1 aromatic carbocycles. The van der Waals surface area contributed by atoms with Crippen LogP contribution in [0.25, 0.3) is 11.1 Å². The Kier molecular flexibility index (Phi) is 8.62. The van der Waals surface area contributed by atoms with Crippen LogP contribution in [0.15, 0.2) is 24.3 Å². The van der Waals surface area contributed by atoms with Gasteiger partial charge in [0.05, 0.1) is 6.61 Å². The summed E-state index contributed by atoms with van der Waals surface area (Å²) < 4.78 is 13.6. The lowest BCUT2D eigenvalue weighted by molar-refractivity contribution is 0.279. The standard InChI is InChI=1S/C25H36FNO/c1-6-7-8-9-21-23(15-10-17(2)3)27-25(18(4)5)22(16-28)24(21)19-11-13-20(26)14-12-19/h11-14,17-18,28H,6-10,15-16H2,1-5H3. The fraction of sp³-hybridized carbons (Fsp3) is 0.560. The zero-order chi connectivity index (χ0) is 20.7. The van der Waals surface area contributed by atoms with E-state index in [9.17, 15) is 9.50 Å². The first-order valence-corrected chi connectivity index (χ1v) is 10.8. The minimum absolute atomic E-state index is 0.0432. The van der Waals surface area contributed by atoms with E-state index in [1.54, 1.807) is 0 Å². The van der Waals surface area contributed by atoms with Crippen molar-refractivity contribution in [2.75, 3.05) is 0 Å². The van der Waals surface area contributed by atoms with Crippen LogP contribution in [0, 0.1) is 11.7 Å². The molecule has 2 rings (SSSR count). The number of benzene rings is 1. The molecule has 0 bridgehead atoms. The minimum atomic E-state index is -0.236. The number of aliphatic hydroxyl groups excluding tert-OH is 1. The van der Waals surface area contributed by atoms with E-state index in [1.165, 1.54) is 24.1 Å². The van der Waals surface area contributed by atoms with Gasteiger partial charge in [0.15, 0.2) is 0 Å². The maximum absolute atomic E-state index is 13.6. The molecule has 0 aliphatic heterocycles. The van der Waals surface area contributed by atoms with Gasteiger partial charge in [0.2, 0.25) is 0 Å². The molecule has 0 aliphatic carbocycles. The maximum atomic E-state index is 13.6. The third kappa shape index (κ3) is 5.64. The van der Waals surface area contributed by atoms with E-state index in [4.69, 9.17) is 4.98 Å². The van der Waals surface area contributed by atoms with E-state index in [0.717, 1.165) is 60.2 Å². The van der Waals surface area contributed by atoms with E-state index in [2.05, 4.69) is 34.6 Å². The topological polar surface area (TPSA) is 33.1 Å². The van der Waals surface area contributed by atoms with E-state index >= 15 is 0 Å². The quantitative estimate of drug-likeness (QED) is 0.455. The molecular weight excluding hydrogens is 349 g/mol. The van der Waals surface area contributed by atoms with Gasteiger partial charge in [-0.3, -0.25) is 4.98 Å². The Balaban J connectivity index is 2.70. The van der Waals surface area contributed by atoms with Crippen molar-refractivity contribution in [3.8, 4) is 11.1 Å². The van der Waals surface area contributed by atoms with Crippen molar-refractivity contribution in [3.63, 3.8) is 0 Å². The fourth-order valence-corrected chi connectivity index (χ4v) is 3.79. The molecule has 0 saturated heterocycles. The summed E-state index contributed by atoms with van der Waals surface area (Å²) in [6, 6.07) is 6.69. The lowest BCUT2D eigenvalue weighted by Crippen LogP contribution is -2.12. The second-order valence-corrected chi connectivity index (χ2v) is 8.49. The van der Waals surface area contributed by atoms with E-state index in [-0.39, 0.29) is 18.3 Å². The molecule has 0 unspecified atom stereocenters. The van der Waals surface area contributed by atoms with E-state index < -0.39 is 0 Å². The minimum Gasteiger partial charge on any atom is -0.392 e. The van der Waals surface area contributed by atoms with Crippen molar-refractivity contribution < 1.29 is 9.50 Å². The zero-order valence-corrected chi connectivity index (χ0v) is 18.2. The summed E-state index contributed by atoms with van der Waals surface area (Å²) in [5.41, 5.74) is 6.34. The van der Waals surface area contributed by atoms with E-state index in [0.29, 0.717) is 5.92 Å². The van der Waals surface area contributed by atoms with Crippen molar-refractivity contribution in [2.45, 2.75) is 85.7 Å². The van der Waals surface area contributed by atoms with Gasteiger partial charge in [-0.2, -0.15) is 0 Å². The number of aliphatic hydroxyl groups is 1. The summed E-state index contributed by atoms with van der Waals surface area (Å²) in [4.78, 5) is 5.06. The van der Waals surface area contributed by atoms with Crippen LogP contribution < -0.4 is 0 Å². The molecule has 0 amide bonds. The first-order valence-electron chi connectivity index (χ1n) is 10.8. The highest BCUT2D eigenvalue weighted by atomic mass is 19.1. The molecule has 0 atom stereocenters. The largest absolute Gasteiger partial charge is 0.392 e. The van der Waals surface area contributed by atoms with Crippen molar-refractivity contribution in [1.82, 2.24) is 4.98 Å². The molecule has 1 N–H and O–H groups in total. The first-order chi connectivity index (χ1) is 13.4. The number of aromatic nitrogens is 1. The number of pyridine rings is 1. The van der Waals surface area contributed by atoms with Crippen molar-refractivity contribution in [3.05, 3.63) is 52.6 Å². The number of hydrogen-bond donors (Lipinski definition) is 1. The number of rotatable bonds is 10. The fourth-order valence-electron chi connectivity index (χ4n) is 3.79. The predicted octanol–water partition coefficient (Wildman–Crippen LogP) is 6.82. The number of nitrogens with zero attached hydrogens (tertiary/aromatic N) is 1. The molecule has 2 nitrogen and oxygen atoms in total. The number of hydrogen-bond acceptors (Lipinski definition) is 2. The van der Waals surface area contributed by atoms with Crippen LogP contribution in [0.1, 0.15) is 88.7 Å². The van der Waals surface area contributed by atoms with Gasteiger partial charge < -0.3 is 5.11 Å². The predicted molar refractivity (Wildman–Crippen MR) is 116 cm³/mol. The van der Waals surface area contributed by atoms with Crippen molar-refractivity contribution >= 4 is 0 Å². The summed E-state index contributed by atoms with van der Waals surface area (Å²) in [7, 11) is 0. The summed E-state index contributed by atoms with van der Waals surface area (Å²) in [5, 5.41) is 10.3. The van der Waals surface area contributed by atoms with Gasteiger partial charge in [0, 0.05) is 17.0 Å². The van der Waals surface area contributed by atoms with Gasteiger partial charge >= 0.3 is 0 Å². The Morgan fingerprint density at radius 2 is 1.64 bits per heavy atom. The lowest BCUT2D eigenvalue weighted by Gasteiger charge is -2.23. The molecule has 28 heavy (non-hydrogen) atoms. The SMILES string of the molecule is CCCCCc1c(CCC(C)C)nc(C(C)C)c(CO)c1-c1ccc(F)cc1. The molecule has 154 valence electrons. The molecule has 0 radical (unpaired) electrons. The monoisotopic (exact) mass is 385 g/mol. The summed E-state index contributed by atoms with van der Waals surface area (Å²) >= 11 is 0. The highest BCUT2D eigenvalue weighted by molar-refractivity contribution is 5.73. The number of halogens is 1. The Labute approximate surface area is 170 Å². The van der Waals surface area contributed by atoms with Crippen LogP contribution in [0.2, 0.25) is 0 Å². The Bertz CT molecular complexity index is 750. The molecular formula is C25H36FNO. The van der Waals surface area contributed by atoms with Crippen LogP contribution >= 0.6 is 0 Å². The Hall–Kier alpha value is -1.74. The Morgan fingerprint density at radius 3 is 2.18 bits per heavy atom. The second kappa shape index (κ2) is 10.7. The van der Waals surface area contributed by atoms with Crippen LogP contribution in [-0.2, 0) is 19.4 Å². The van der Waals surface area contributed by atoms with Gasteiger partial charge in [-0.1, -0.05) is 59.6 Å². The summed E-state index contributed by atoms with van der Waals surface area (Å²) in [5.74, 6) is 0.600. The smallest absolute Gasteiger partial charge is 0.123 e. The molecule has 0 aliphatic rings. The van der Waals surface area contributed by atoms with Crippen LogP contribution in [-0.4, -0.2) is 10.1 Å². The number of aryl methyl sites for hydroxylation is 1. The van der Waals surface area contributed by atoms with Gasteiger partial charge in [-0.25, -0.2) is 4.39 Å². The van der Waals surface area contributed by atoms with Crippen molar-refractivity contribution in [2.24, 2.45) is 5.92 Å². The van der Waals surface area contributed by atoms with Crippen LogP contribution in [0.3, 0.4) is 0 Å². The average Bonchev–Trinajstić information content (AvgIpc) is 2.66. The molecule has 1 aromatic heterocycles. The average molecular weight is 386 g/mol. The molecule has 2 aromatic rings. The zero-order valence-electron chi connectivity index (χ0n) is 18.2. The normalized spacial score (nSPS) is 11.6. The van der Waals surface area contributed by atoms with Gasteiger partial charge in [-0.15, -0.1) is 0 Å². The molecule has 3 heteroatoms. The van der Waals surface area contributed by atoms with E-state index in [1.807, 2.05) is 12.1 Å². The first kappa shape index (κ1) is 22.5. The number of unbranched alkanes of at least 4 members (excludes halogenated alkanes) is 2. The van der Waals surface area contributed by atoms with Crippen LogP contribution in [0.5, 0.6) is 0 Å². The summed E-state index contributed by atoms with van der Waals surface area (Å²) in [6.07, 6.45) is 6.43. The molecule has 0 saturated carbocycles. The highest BCUT2D eigenvalue weighted by Gasteiger charge is 2.22. The molecule has 0 fully saturated rings. The third-order valence-electron chi connectivity index (χ3n) is 5.34. The highest BCUT2D eigenvalue weighted by Crippen LogP contribution is 2.36. The lowest BCUT2D eigenvalue weighted by atomic mass is 9.86. The van der Waals surface area contributed by atoms with Crippen molar-refractivity contribution in [1.29, 1.82) is 0 Å². The van der Waals surface area contributed by atoms with Crippen LogP contribution in [0.4, 0.5) is 4.39 Å². The molecule has 1 heterocycles. The Morgan fingerprint density at radius 1 is 0.964 bits per heavy atom.